The number of aryl methyl sites for hydroxylation is 4. The van der Waals surface area contributed by atoms with Crippen molar-refractivity contribution in [1.82, 2.24) is 0 Å². The Kier molecular flexibility index (Phi) is 4.95. The second kappa shape index (κ2) is 7.53. The van der Waals surface area contributed by atoms with Gasteiger partial charge >= 0.3 is 0 Å². The van der Waals surface area contributed by atoms with Gasteiger partial charge in [0, 0.05) is 11.3 Å². The van der Waals surface area contributed by atoms with E-state index < -0.39 is 32.3 Å². The molecule has 0 unspecified atom stereocenters. The molecule has 34 heavy (non-hydrogen) atoms. The van der Waals surface area contributed by atoms with Gasteiger partial charge in [0.15, 0.2) is 9.84 Å². The molecule has 0 aromatic heterocycles. The Morgan fingerprint density at radius 1 is 0.853 bits per heavy atom. The summed E-state index contributed by atoms with van der Waals surface area (Å²) in [5.41, 5.74) is 6.17. The molecule has 174 valence electrons. The van der Waals surface area contributed by atoms with Crippen molar-refractivity contribution < 1.29 is 18.0 Å². The monoisotopic (exact) mass is 474 g/mol. The molecule has 1 saturated heterocycles. The van der Waals surface area contributed by atoms with Crippen LogP contribution in [0.25, 0.3) is 0 Å². The van der Waals surface area contributed by atoms with Crippen molar-refractivity contribution in [2.75, 3.05) is 15.6 Å². The molecule has 2 amide bonds. The minimum absolute atomic E-state index is 0.218. The van der Waals surface area contributed by atoms with Crippen molar-refractivity contribution in [3.05, 3.63) is 94.0 Å². The third kappa shape index (κ3) is 2.96. The number of carbonyl (C=O) groups excluding carboxylic acids is 2. The van der Waals surface area contributed by atoms with Crippen LogP contribution >= 0.6 is 0 Å². The van der Waals surface area contributed by atoms with Gasteiger partial charge in [0.25, 0.3) is 10.8 Å². The summed E-state index contributed by atoms with van der Waals surface area (Å²) in [6.45, 7) is 8.01. The quantitative estimate of drug-likeness (QED) is 0.573. The maximum Gasteiger partial charge on any atom is 0.274 e. The van der Waals surface area contributed by atoms with Gasteiger partial charge in [-0.1, -0.05) is 48.0 Å². The lowest BCUT2D eigenvalue weighted by Gasteiger charge is -2.33. The first-order valence-electron chi connectivity index (χ1n) is 11.2. The Morgan fingerprint density at radius 3 is 2.29 bits per heavy atom. The predicted molar refractivity (Wildman–Crippen MR) is 132 cm³/mol. The molecule has 3 aromatic carbocycles. The first kappa shape index (κ1) is 22.3. The highest BCUT2D eigenvalue weighted by molar-refractivity contribution is 7.94. The summed E-state index contributed by atoms with van der Waals surface area (Å²) in [5.74, 6) is -1.92. The number of hydrogen-bond acceptors (Lipinski definition) is 4. The van der Waals surface area contributed by atoms with Gasteiger partial charge < -0.3 is 4.90 Å². The van der Waals surface area contributed by atoms with Crippen molar-refractivity contribution in [3.63, 3.8) is 0 Å². The average Bonchev–Trinajstić information content (AvgIpc) is 3.15. The number of para-hydroxylation sites is 1. The largest absolute Gasteiger partial charge is 0.304 e. The van der Waals surface area contributed by atoms with E-state index in [0.29, 0.717) is 16.9 Å². The summed E-state index contributed by atoms with van der Waals surface area (Å²) < 4.78 is 27.4. The highest BCUT2D eigenvalue weighted by atomic mass is 32.2. The first-order valence-corrected chi connectivity index (χ1v) is 12.8. The summed E-state index contributed by atoms with van der Waals surface area (Å²) in [6.07, 6.45) is 0. The smallest absolute Gasteiger partial charge is 0.274 e. The molecule has 6 nitrogen and oxygen atoms in total. The number of fused-ring (bicyclic) bond motifs is 2. The summed E-state index contributed by atoms with van der Waals surface area (Å²) in [5, 5.41) is 0. The Hall–Kier alpha value is -3.45. The fourth-order valence-corrected chi connectivity index (χ4v) is 7.09. The molecule has 1 fully saturated rings. The van der Waals surface area contributed by atoms with E-state index in [9.17, 15) is 18.0 Å². The van der Waals surface area contributed by atoms with Crippen LogP contribution in [0.3, 0.4) is 0 Å². The normalized spacial score (nSPS) is 20.9. The topological polar surface area (TPSA) is 74.8 Å². The SMILES string of the molecule is Cc1ccc(C)c(CN2C(=O)[C@]3(c4ccccc42)N(c2ccc(C)c(C)c2)C(=O)CS3(=O)=O)c1. The zero-order valence-electron chi connectivity index (χ0n) is 19.6. The number of anilines is 2. The van der Waals surface area contributed by atoms with Crippen molar-refractivity contribution >= 4 is 33.0 Å². The maximum atomic E-state index is 14.2. The fraction of sp³-hybridized carbons (Fsp3) is 0.259. The number of sulfone groups is 1. The summed E-state index contributed by atoms with van der Waals surface area (Å²) >= 11 is 0. The van der Waals surface area contributed by atoms with Crippen molar-refractivity contribution in [2.24, 2.45) is 0 Å². The number of benzene rings is 3. The van der Waals surface area contributed by atoms with Crippen LogP contribution in [0, 0.1) is 27.7 Å². The van der Waals surface area contributed by atoms with Gasteiger partial charge in [0.05, 0.1) is 12.2 Å². The zero-order valence-corrected chi connectivity index (χ0v) is 20.4. The molecule has 1 atom stereocenters. The summed E-state index contributed by atoms with van der Waals surface area (Å²) in [7, 11) is -4.18. The fourth-order valence-electron chi connectivity index (χ4n) is 5.05. The molecule has 1 spiro atoms. The third-order valence-corrected chi connectivity index (χ3v) is 9.11. The maximum absolute atomic E-state index is 14.2. The van der Waals surface area contributed by atoms with Gasteiger partial charge in [0.1, 0.15) is 5.75 Å². The molecule has 5 rings (SSSR count). The minimum Gasteiger partial charge on any atom is -0.304 e. The van der Waals surface area contributed by atoms with Crippen LogP contribution in [0.15, 0.2) is 60.7 Å². The predicted octanol–water partition coefficient (Wildman–Crippen LogP) is 4.08. The lowest BCUT2D eigenvalue weighted by atomic mass is 10.0. The molecule has 3 aromatic rings. The van der Waals surface area contributed by atoms with E-state index in [-0.39, 0.29) is 6.54 Å². The number of nitrogens with zero attached hydrogens (tertiary/aromatic N) is 2. The lowest BCUT2D eigenvalue weighted by Crippen LogP contribution is -2.54. The van der Waals surface area contributed by atoms with Crippen molar-refractivity contribution in [1.29, 1.82) is 0 Å². The van der Waals surface area contributed by atoms with Crippen LogP contribution in [0.4, 0.5) is 11.4 Å². The van der Waals surface area contributed by atoms with Gasteiger partial charge in [-0.15, -0.1) is 0 Å². The molecule has 2 aliphatic heterocycles. The van der Waals surface area contributed by atoms with Gasteiger partial charge in [-0.25, -0.2) is 8.42 Å². The van der Waals surface area contributed by atoms with Crippen molar-refractivity contribution in [2.45, 2.75) is 39.1 Å². The molecule has 7 heteroatoms. The minimum atomic E-state index is -4.18. The zero-order chi connectivity index (χ0) is 24.4. The van der Waals surface area contributed by atoms with E-state index in [1.54, 1.807) is 36.4 Å². The number of amides is 2. The standard InChI is InChI=1S/C27H26N2O4S/c1-17-9-10-19(3)21(13-17)15-28-24-8-6-5-7-23(24)27(26(28)31)29(25(30)16-34(27,32)33)22-12-11-18(2)20(4)14-22/h5-14H,15-16H2,1-4H3/t27-/m1/s1. The van der Waals surface area contributed by atoms with E-state index in [1.165, 1.54) is 9.80 Å². The molecular weight excluding hydrogens is 448 g/mol. The molecular formula is C27H26N2O4S. The number of hydrogen-bond donors (Lipinski definition) is 0. The van der Waals surface area contributed by atoms with Crippen LogP contribution in [0.5, 0.6) is 0 Å². The molecule has 0 N–H and O–H groups in total. The second-order valence-electron chi connectivity index (χ2n) is 9.24. The van der Waals surface area contributed by atoms with Crippen LogP contribution < -0.4 is 9.80 Å². The Balaban J connectivity index is 1.75. The highest BCUT2D eigenvalue weighted by Gasteiger charge is 2.69. The summed E-state index contributed by atoms with van der Waals surface area (Å²) in [6, 6.07) is 18.2. The van der Waals surface area contributed by atoms with E-state index >= 15 is 0 Å². The Bertz CT molecular complexity index is 1480. The van der Waals surface area contributed by atoms with Gasteiger partial charge in [-0.05, 0) is 68.1 Å². The third-order valence-electron chi connectivity index (χ3n) is 7.00. The average molecular weight is 475 g/mol. The van der Waals surface area contributed by atoms with E-state index in [1.807, 2.05) is 52.0 Å². The van der Waals surface area contributed by atoms with E-state index in [2.05, 4.69) is 0 Å². The molecule has 0 saturated carbocycles. The van der Waals surface area contributed by atoms with Crippen LogP contribution in [-0.2, 0) is 30.8 Å². The number of carbonyl (C=O) groups is 2. The first-order chi connectivity index (χ1) is 16.1. The molecule has 2 aliphatic rings. The molecule has 0 bridgehead atoms. The van der Waals surface area contributed by atoms with Gasteiger partial charge in [0.2, 0.25) is 5.91 Å². The van der Waals surface area contributed by atoms with Gasteiger partial charge in [-0.3, -0.25) is 14.5 Å². The van der Waals surface area contributed by atoms with Crippen LogP contribution in [-0.4, -0.2) is 26.0 Å². The Morgan fingerprint density at radius 2 is 1.56 bits per heavy atom. The molecule has 0 aliphatic carbocycles. The van der Waals surface area contributed by atoms with Crippen LogP contribution in [0.1, 0.15) is 33.4 Å². The van der Waals surface area contributed by atoms with Gasteiger partial charge in [-0.2, -0.15) is 0 Å². The van der Waals surface area contributed by atoms with E-state index in [4.69, 9.17) is 0 Å². The lowest BCUT2D eigenvalue weighted by molar-refractivity contribution is -0.123. The molecule has 0 radical (unpaired) electrons. The summed E-state index contributed by atoms with van der Waals surface area (Å²) in [4.78, 5) is 28.1. The van der Waals surface area contributed by atoms with Crippen molar-refractivity contribution in [3.8, 4) is 0 Å². The Labute approximate surface area is 199 Å². The van der Waals surface area contributed by atoms with Crippen LogP contribution in [0.2, 0.25) is 0 Å². The number of rotatable bonds is 3. The molecule has 2 heterocycles. The highest BCUT2D eigenvalue weighted by Crippen LogP contribution is 2.53. The van der Waals surface area contributed by atoms with E-state index in [0.717, 1.165) is 27.8 Å². The second-order valence-corrected chi connectivity index (χ2v) is 11.3.